The van der Waals surface area contributed by atoms with Crippen LogP contribution in [0.4, 0.5) is 0 Å². The van der Waals surface area contributed by atoms with Gasteiger partial charge in [0.1, 0.15) is 0 Å². The Morgan fingerprint density at radius 3 is 1.27 bits per heavy atom. The van der Waals surface area contributed by atoms with Gasteiger partial charge < -0.3 is 0 Å². The minimum absolute atomic E-state index is 0.0678. The molecule has 2 aliphatic rings. The SMILES string of the molecule is CC(C)Cc1ccc2c(c1)C(C)(C)c1cc(-c3c4ccccc4c(-c4ccc5c(c4)C(C)(C)c4cc(C(C)(C)C)ccc4-5)c4ccccc34)ccc1-2. The molecule has 258 valence electrons. The van der Waals surface area contributed by atoms with E-state index in [0.717, 1.165) is 6.42 Å². The highest BCUT2D eigenvalue weighted by atomic mass is 14.4. The van der Waals surface area contributed by atoms with Crippen LogP contribution in [0, 0.1) is 5.92 Å². The van der Waals surface area contributed by atoms with Crippen molar-refractivity contribution in [1.82, 2.24) is 0 Å². The molecule has 0 N–H and O–H groups in total. The van der Waals surface area contributed by atoms with Gasteiger partial charge in [-0.1, -0.05) is 172 Å². The van der Waals surface area contributed by atoms with Crippen molar-refractivity contribution in [3.8, 4) is 44.5 Å². The molecule has 0 amide bonds. The third-order valence-electron chi connectivity index (χ3n) is 12.4. The quantitative estimate of drug-likeness (QED) is 0.163. The number of rotatable bonds is 4. The standard InChI is InChI=1S/C52H50/c1-31(2)26-32-18-22-36-37-23-19-33(28-45(37)51(6,7)44(36)27-32)48-40-14-10-12-16-42(40)49(43-17-13-11-15-41(43)48)34-20-24-38-39-25-21-35(50(3,4)5)30-47(39)52(8,9)46(38)29-34/h10-25,27-31H,26H2,1-9H3. The number of benzene rings is 7. The summed E-state index contributed by atoms with van der Waals surface area (Å²) in [5.74, 6) is 0.641. The van der Waals surface area contributed by atoms with E-state index in [1.807, 2.05) is 0 Å². The molecule has 0 heteroatoms. The molecule has 0 spiro atoms. The molecule has 0 bridgehead atoms. The number of hydrogen-bond donors (Lipinski definition) is 0. The number of hydrogen-bond acceptors (Lipinski definition) is 0. The zero-order chi connectivity index (χ0) is 36.3. The van der Waals surface area contributed by atoms with Gasteiger partial charge >= 0.3 is 0 Å². The fourth-order valence-corrected chi connectivity index (χ4v) is 9.65. The molecule has 0 heterocycles. The van der Waals surface area contributed by atoms with Crippen molar-refractivity contribution in [1.29, 1.82) is 0 Å². The van der Waals surface area contributed by atoms with Crippen molar-refractivity contribution < 1.29 is 0 Å². The first kappa shape index (κ1) is 32.9. The number of fused-ring (bicyclic) bond motifs is 8. The van der Waals surface area contributed by atoms with Crippen molar-refractivity contribution in [3.63, 3.8) is 0 Å². The molecule has 7 aromatic rings. The van der Waals surface area contributed by atoms with Crippen LogP contribution in [0.1, 0.15) is 95.7 Å². The van der Waals surface area contributed by atoms with Gasteiger partial charge in [-0.25, -0.2) is 0 Å². The smallest absolute Gasteiger partial charge is 0.0159 e. The van der Waals surface area contributed by atoms with E-state index in [-0.39, 0.29) is 16.2 Å². The highest BCUT2D eigenvalue weighted by Gasteiger charge is 2.38. The third kappa shape index (κ3) is 4.80. The van der Waals surface area contributed by atoms with Gasteiger partial charge in [0.25, 0.3) is 0 Å². The Labute approximate surface area is 310 Å². The van der Waals surface area contributed by atoms with Crippen molar-refractivity contribution in [3.05, 3.63) is 155 Å². The highest BCUT2D eigenvalue weighted by molar-refractivity contribution is 6.21. The van der Waals surface area contributed by atoms with Crippen LogP contribution in [0.15, 0.2) is 121 Å². The van der Waals surface area contributed by atoms with Gasteiger partial charge in [0.05, 0.1) is 0 Å². The molecule has 0 saturated carbocycles. The van der Waals surface area contributed by atoms with Gasteiger partial charge in [-0.3, -0.25) is 0 Å². The topological polar surface area (TPSA) is 0 Å². The Morgan fingerprint density at radius 1 is 0.462 bits per heavy atom. The Balaban J connectivity index is 1.22. The van der Waals surface area contributed by atoms with Gasteiger partial charge in [0.2, 0.25) is 0 Å². The summed E-state index contributed by atoms with van der Waals surface area (Å²) in [4.78, 5) is 0. The Hall–Kier alpha value is -4.94. The van der Waals surface area contributed by atoms with E-state index < -0.39 is 0 Å². The summed E-state index contributed by atoms with van der Waals surface area (Å²) >= 11 is 0. The lowest BCUT2D eigenvalue weighted by Crippen LogP contribution is -2.17. The normalized spacial score (nSPS) is 15.2. The van der Waals surface area contributed by atoms with Gasteiger partial charge in [-0.05, 0) is 129 Å². The zero-order valence-corrected chi connectivity index (χ0v) is 32.3. The van der Waals surface area contributed by atoms with E-state index in [0.29, 0.717) is 5.92 Å². The van der Waals surface area contributed by atoms with Crippen LogP contribution in [0.3, 0.4) is 0 Å². The zero-order valence-electron chi connectivity index (χ0n) is 32.3. The lowest BCUT2D eigenvalue weighted by atomic mass is 9.78. The predicted molar refractivity (Wildman–Crippen MR) is 225 cm³/mol. The minimum atomic E-state index is -0.0855. The minimum Gasteiger partial charge on any atom is -0.0625 e. The molecule has 7 aromatic carbocycles. The maximum absolute atomic E-state index is 2.51. The highest BCUT2D eigenvalue weighted by Crippen LogP contribution is 2.54. The van der Waals surface area contributed by atoms with E-state index in [1.165, 1.54) is 99.4 Å². The summed E-state index contributed by atoms with van der Waals surface area (Å²) in [5.41, 5.74) is 19.3. The lowest BCUT2D eigenvalue weighted by Gasteiger charge is -2.26. The van der Waals surface area contributed by atoms with Crippen LogP contribution in [0.25, 0.3) is 66.1 Å². The first-order valence-corrected chi connectivity index (χ1v) is 19.3. The monoisotopic (exact) mass is 674 g/mol. The average molecular weight is 675 g/mol. The fourth-order valence-electron chi connectivity index (χ4n) is 9.65. The second kappa shape index (κ2) is 11.3. The maximum atomic E-state index is 2.51. The van der Waals surface area contributed by atoms with E-state index in [2.05, 4.69) is 184 Å². The van der Waals surface area contributed by atoms with Crippen molar-refractivity contribution in [2.45, 2.75) is 85.0 Å². The molecule has 0 atom stereocenters. The second-order valence-corrected chi connectivity index (χ2v) is 18.1. The van der Waals surface area contributed by atoms with Gasteiger partial charge in [-0.2, -0.15) is 0 Å². The van der Waals surface area contributed by atoms with Gasteiger partial charge in [-0.15, -0.1) is 0 Å². The molecule has 0 unspecified atom stereocenters. The van der Waals surface area contributed by atoms with Crippen LogP contribution in [0.5, 0.6) is 0 Å². The fraction of sp³-hybridized carbons (Fsp3) is 0.269. The average Bonchev–Trinajstić information content (AvgIpc) is 3.48. The third-order valence-corrected chi connectivity index (χ3v) is 12.4. The second-order valence-electron chi connectivity index (χ2n) is 18.1. The van der Waals surface area contributed by atoms with Crippen molar-refractivity contribution in [2.75, 3.05) is 0 Å². The summed E-state index contributed by atoms with van der Waals surface area (Å²) < 4.78 is 0. The Bertz CT molecular complexity index is 2540. The first-order chi connectivity index (χ1) is 24.7. The molecule has 0 saturated heterocycles. The lowest BCUT2D eigenvalue weighted by molar-refractivity contribution is 0.584. The van der Waals surface area contributed by atoms with Crippen LogP contribution in [-0.2, 0) is 22.7 Å². The van der Waals surface area contributed by atoms with E-state index in [9.17, 15) is 0 Å². The maximum Gasteiger partial charge on any atom is 0.0159 e. The van der Waals surface area contributed by atoms with E-state index in [1.54, 1.807) is 0 Å². The summed E-state index contributed by atoms with van der Waals surface area (Å²) in [6, 6.07) is 47.1. The molecule has 0 aliphatic heterocycles. The summed E-state index contributed by atoms with van der Waals surface area (Å²) in [6.07, 6.45) is 1.11. The van der Waals surface area contributed by atoms with Crippen molar-refractivity contribution >= 4 is 21.5 Å². The Kier molecular flexibility index (Phi) is 7.14. The summed E-state index contributed by atoms with van der Waals surface area (Å²) in [7, 11) is 0. The van der Waals surface area contributed by atoms with Crippen molar-refractivity contribution in [2.24, 2.45) is 5.92 Å². The van der Waals surface area contributed by atoms with Crippen LogP contribution in [-0.4, -0.2) is 0 Å². The molecule has 0 aromatic heterocycles. The van der Waals surface area contributed by atoms with Crippen LogP contribution < -0.4 is 0 Å². The molecule has 0 radical (unpaired) electrons. The van der Waals surface area contributed by atoms with E-state index in [4.69, 9.17) is 0 Å². The van der Waals surface area contributed by atoms with Crippen LogP contribution in [0.2, 0.25) is 0 Å². The van der Waals surface area contributed by atoms with E-state index >= 15 is 0 Å². The molecule has 52 heavy (non-hydrogen) atoms. The Morgan fingerprint density at radius 2 is 0.846 bits per heavy atom. The molecular formula is C52H50. The molecule has 2 aliphatic carbocycles. The summed E-state index contributed by atoms with van der Waals surface area (Å²) in [5, 5.41) is 5.23. The molecule has 0 fully saturated rings. The molecule has 0 nitrogen and oxygen atoms in total. The van der Waals surface area contributed by atoms with Gasteiger partial charge in [0, 0.05) is 10.8 Å². The van der Waals surface area contributed by atoms with Crippen LogP contribution >= 0.6 is 0 Å². The molecule has 9 rings (SSSR count). The predicted octanol–water partition coefficient (Wildman–Crippen LogP) is 14.4. The summed E-state index contributed by atoms with van der Waals surface area (Å²) in [6.45, 7) is 21.2. The largest absolute Gasteiger partial charge is 0.0625 e. The molecular weight excluding hydrogens is 625 g/mol. The van der Waals surface area contributed by atoms with Gasteiger partial charge in [0.15, 0.2) is 0 Å². The first-order valence-electron chi connectivity index (χ1n) is 19.3.